The van der Waals surface area contributed by atoms with Crippen LogP contribution < -0.4 is 10.2 Å². The van der Waals surface area contributed by atoms with Crippen LogP contribution in [0, 0.1) is 5.92 Å². The van der Waals surface area contributed by atoms with Gasteiger partial charge in [-0.15, -0.1) is 0 Å². The molecule has 0 radical (unpaired) electrons. The van der Waals surface area contributed by atoms with Gasteiger partial charge in [-0.25, -0.2) is 0 Å². The second-order valence-corrected chi connectivity index (χ2v) is 5.02. The summed E-state index contributed by atoms with van der Waals surface area (Å²) in [5.41, 5.74) is 2.70. The summed E-state index contributed by atoms with van der Waals surface area (Å²) in [6, 6.07) is 2.15. The molecule has 0 amide bonds. The normalized spacial score (nSPS) is 19.9. The number of pyridine rings is 1. The minimum absolute atomic E-state index is 0.819. The summed E-state index contributed by atoms with van der Waals surface area (Å²) in [6.45, 7) is 8.90. The van der Waals surface area contributed by atoms with Crippen molar-refractivity contribution in [2.24, 2.45) is 5.92 Å². The zero-order chi connectivity index (χ0) is 12.1. The zero-order valence-corrected chi connectivity index (χ0v) is 10.9. The molecule has 1 aliphatic heterocycles. The highest BCUT2D eigenvalue weighted by Gasteiger charge is 2.20. The van der Waals surface area contributed by atoms with Crippen LogP contribution in [-0.4, -0.2) is 24.6 Å². The van der Waals surface area contributed by atoms with E-state index in [2.05, 4.69) is 35.1 Å². The molecule has 0 saturated carbocycles. The van der Waals surface area contributed by atoms with Gasteiger partial charge >= 0.3 is 0 Å². The Hall–Kier alpha value is -1.09. The third-order valence-electron chi connectivity index (χ3n) is 3.38. The molecule has 0 aromatic carbocycles. The SMILES string of the molecule is CCCNCc1cnccc1N1CCC(C)C1. The van der Waals surface area contributed by atoms with Gasteiger partial charge in [0.2, 0.25) is 0 Å². The predicted octanol–water partition coefficient (Wildman–Crippen LogP) is 2.43. The average molecular weight is 233 g/mol. The van der Waals surface area contributed by atoms with Crippen molar-refractivity contribution in [3.8, 4) is 0 Å². The van der Waals surface area contributed by atoms with E-state index in [0.717, 1.165) is 19.0 Å². The number of hydrogen-bond donors (Lipinski definition) is 1. The Morgan fingerprint density at radius 2 is 2.41 bits per heavy atom. The monoisotopic (exact) mass is 233 g/mol. The summed E-state index contributed by atoms with van der Waals surface area (Å²) in [5, 5.41) is 3.46. The smallest absolute Gasteiger partial charge is 0.0442 e. The molecular weight excluding hydrogens is 210 g/mol. The molecule has 1 aromatic rings. The minimum atomic E-state index is 0.819. The van der Waals surface area contributed by atoms with E-state index in [1.54, 1.807) is 0 Å². The Balaban J connectivity index is 2.05. The third-order valence-corrected chi connectivity index (χ3v) is 3.38. The Labute approximate surface area is 104 Å². The van der Waals surface area contributed by atoms with Crippen LogP contribution in [0.1, 0.15) is 32.3 Å². The van der Waals surface area contributed by atoms with E-state index in [-0.39, 0.29) is 0 Å². The lowest BCUT2D eigenvalue weighted by molar-refractivity contribution is 0.657. The Morgan fingerprint density at radius 1 is 1.53 bits per heavy atom. The van der Waals surface area contributed by atoms with Crippen molar-refractivity contribution in [1.29, 1.82) is 0 Å². The minimum Gasteiger partial charge on any atom is -0.371 e. The molecule has 3 nitrogen and oxygen atoms in total. The Kier molecular flexibility index (Phi) is 4.37. The van der Waals surface area contributed by atoms with E-state index in [1.165, 1.54) is 37.2 Å². The largest absolute Gasteiger partial charge is 0.371 e. The van der Waals surface area contributed by atoms with Crippen molar-refractivity contribution in [3.05, 3.63) is 24.0 Å². The molecule has 0 aliphatic carbocycles. The maximum Gasteiger partial charge on any atom is 0.0442 e. The molecule has 1 fully saturated rings. The number of hydrogen-bond acceptors (Lipinski definition) is 3. The summed E-state index contributed by atoms with van der Waals surface area (Å²) in [4.78, 5) is 6.74. The molecule has 1 atom stereocenters. The Bertz CT molecular complexity index is 351. The van der Waals surface area contributed by atoms with Gasteiger partial charge in [-0.1, -0.05) is 13.8 Å². The molecule has 17 heavy (non-hydrogen) atoms. The van der Waals surface area contributed by atoms with Crippen molar-refractivity contribution in [2.75, 3.05) is 24.5 Å². The highest BCUT2D eigenvalue weighted by atomic mass is 15.2. The predicted molar refractivity (Wildman–Crippen MR) is 72.2 cm³/mol. The number of nitrogens with one attached hydrogen (secondary N) is 1. The van der Waals surface area contributed by atoms with Crippen LogP contribution in [-0.2, 0) is 6.54 Å². The van der Waals surface area contributed by atoms with Crippen LogP contribution in [0.2, 0.25) is 0 Å². The van der Waals surface area contributed by atoms with E-state index in [0.29, 0.717) is 0 Å². The van der Waals surface area contributed by atoms with Gasteiger partial charge < -0.3 is 10.2 Å². The summed E-state index contributed by atoms with van der Waals surface area (Å²) in [6.07, 6.45) is 6.39. The van der Waals surface area contributed by atoms with Gasteiger partial charge in [0.05, 0.1) is 0 Å². The summed E-state index contributed by atoms with van der Waals surface area (Å²) in [7, 11) is 0. The van der Waals surface area contributed by atoms with Crippen LogP contribution in [0.4, 0.5) is 5.69 Å². The van der Waals surface area contributed by atoms with Crippen LogP contribution in [0.15, 0.2) is 18.5 Å². The van der Waals surface area contributed by atoms with E-state index < -0.39 is 0 Å². The number of nitrogens with zero attached hydrogens (tertiary/aromatic N) is 2. The maximum atomic E-state index is 4.25. The molecule has 1 aromatic heterocycles. The lowest BCUT2D eigenvalue weighted by Gasteiger charge is -2.21. The third kappa shape index (κ3) is 3.19. The van der Waals surface area contributed by atoms with Gasteiger partial charge in [-0.2, -0.15) is 0 Å². The summed E-state index contributed by atoms with van der Waals surface area (Å²) >= 11 is 0. The molecule has 3 heteroatoms. The van der Waals surface area contributed by atoms with E-state index in [9.17, 15) is 0 Å². The van der Waals surface area contributed by atoms with Crippen LogP contribution in [0.25, 0.3) is 0 Å². The molecule has 0 spiro atoms. The molecule has 94 valence electrons. The first kappa shape index (κ1) is 12.4. The fraction of sp³-hybridized carbons (Fsp3) is 0.643. The fourth-order valence-electron chi connectivity index (χ4n) is 2.42. The van der Waals surface area contributed by atoms with Crippen molar-refractivity contribution in [2.45, 2.75) is 33.2 Å². The van der Waals surface area contributed by atoms with Gasteiger partial charge in [-0.3, -0.25) is 4.98 Å². The number of aromatic nitrogens is 1. The molecule has 1 N–H and O–H groups in total. The lowest BCUT2D eigenvalue weighted by atomic mass is 10.2. The van der Waals surface area contributed by atoms with E-state index in [4.69, 9.17) is 0 Å². The number of rotatable bonds is 5. The molecule has 1 aliphatic rings. The van der Waals surface area contributed by atoms with E-state index in [1.807, 2.05) is 12.4 Å². The quantitative estimate of drug-likeness (QED) is 0.792. The van der Waals surface area contributed by atoms with Crippen LogP contribution in [0.5, 0.6) is 0 Å². The Morgan fingerprint density at radius 3 is 3.12 bits per heavy atom. The maximum absolute atomic E-state index is 4.25. The van der Waals surface area contributed by atoms with E-state index >= 15 is 0 Å². The van der Waals surface area contributed by atoms with Gasteiger partial charge in [0.1, 0.15) is 0 Å². The second kappa shape index (κ2) is 6.01. The van der Waals surface area contributed by atoms with Gasteiger partial charge in [0, 0.05) is 43.3 Å². The second-order valence-electron chi connectivity index (χ2n) is 5.02. The lowest BCUT2D eigenvalue weighted by Crippen LogP contribution is -2.23. The van der Waals surface area contributed by atoms with Gasteiger partial charge in [0.15, 0.2) is 0 Å². The molecule has 2 heterocycles. The van der Waals surface area contributed by atoms with Crippen molar-refractivity contribution >= 4 is 5.69 Å². The highest BCUT2D eigenvalue weighted by molar-refractivity contribution is 5.53. The molecular formula is C14H23N3. The molecule has 0 bridgehead atoms. The topological polar surface area (TPSA) is 28.2 Å². The molecule has 1 saturated heterocycles. The van der Waals surface area contributed by atoms with Crippen LogP contribution >= 0.6 is 0 Å². The summed E-state index contributed by atoms with van der Waals surface area (Å²) < 4.78 is 0. The highest BCUT2D eigenvalue weighted by Crippen LogP contribution is 2.26. The van der Waals surface area contributed by atoms with Crippen LogP contribution in [0.3, 0.4) is 0 Å². The fourth-order valence-corrected chi connectivity index (χ4v) is 2.42. The van der Waals surface area contributed by atoms with Crippen molar-refractivity contribution in [3.63, 3.8) is 0 Å². The average Bonchev–Trinajstić information content (AvgIpc) is 2.77. The first-order chi connectivity index (χ1) is 8.31. The van der Waals surface area contributed by atoms with Gasteiger partial charge in [-0.05, 0) is 31.4 Å². The number of anilines is 1. The van der Waals surface area contributed by atoms with Gasteiger partial charge in [0.25, 0.3) is 0 Å². The first-order valence-electron chi connectivity index (χ1n) is 6.69. The molecule has 2 rings (SSSR count). The standard InChI is InChI=1S/C14H23N3/c1-3-6-15-9-13-10-16-7-4-14(13)17-8-5-12(2)11-17/h4,7,10,12,15H,3,5-6,8-9,11H2,1-2H3. The summed E-state index contributed by atoms with van der Waals surface area (Å²) in [5.74, 6) is 0.819. The zero-order valence-electron chi connectivity index (χ0n) is 10.9. The van der Waals surface area contributed by atoms with Crippen molar-refractivity contribution in [1.82, 2.24) is 10.3 Å². The first-order valence-corrected chi connectivity index (χ1v) is 6.69. The van der Waals surface area contributed by atoms with Crippen molar-refractivity contribution < 1.29 is 0 Å². The molecule has 1 unspecified atom stereocenters.